The lowest BCUT2D eigenvalue weighted by molar-refractivity contribution is 0.0793. The molecule has 0 spiro atoms. The highest BCUT2D eigenvalue weighted by Crippen LogP contribution is 2.14. The summed E-state index contributed by atoms with van der Waals surface area (Å²) in [6.45, 7) is 4.10. The van der Waals surface area contributed by atoms with Crippen LogP contribution in [0.25, 0.3) is 0 Å². The van der Waals surface area contributed by atoms with Gasteiger partial charge in [-0.3, -0.25) is 0 Å². The molecule has 0 aromatic rings. The molecule has 95 valence electrons. The van der Waals surface area contributed by atoms with E-state index in [0.29, 0.717) is 12.8 Å². The van der Waals surface area contributed by atoms with Crippen LogP contribution in [0.3, 0.4) is 0 Å². The van der Waals surface area contributed by atoms with Crippen LogP contribution in [-0.2, 0) is 14.3 Å². The van der Waals surface area contributed by atoms with Crippen LogP contribution in [0, 0.1) is 0 Å². The number of alkyl halides is 2. The lowest BCUT2D eigenvalue weighted by Gasteiger charge is -2.15. The maximum Gasteiger partial charge on any atom is 0.669 e. The second-order valence-corrected chi connectivity index (χ2v) is 4.64. The van der Waals surface area contributed by atoms with Gasteiger partial charge in [0.2, 0.25) is 0 Å². The van der Waals surface area contributed by atoms with Gasteiger partial charge in [0.25, 0.3) is 0 Å². The van der Waals surface area contributed by atoms with Crippen LogP contribution in [-0.4, -0.2) is 18.4 Å². The smallest absolute Gasteiger partial charge is 0.368 e. The lowest BCUT2D eigenvalue weighted by Crippen LogP contribution is -2.28. The van der Waals surface area contributed by atoms with Gasteiger partial charge >= 0.3 is 7.32 Å². The molecule has 3 nitrogen and oxygen atoms in total. The van der Waals surface area contributed by atoms with Crippen molar-refractivity contribution < 1.29 is 14.3 Å². The van der Waals surface area contributed by atoms with Crippen molar-refractivity contribution in [3.63, 3.8) is 0 Å². The molecule has 0 aromatic heterocycles. The SMILES string of the molecule is CCCCC(Cl)OB([O])OC(Cl)CCCC. The second kappa shape index (κ2) is 10.7. The van der Waals surface area contributed by atoms with Gasteiger partial charge in [0.05, 0.1) is 0 Å². The Kier molecular flexibility index (Phi) is 11.0. The Labute approximate surface area is 109 Å². The summed E-state index contributed by atoms with van der Waals surface area (Å²) in [6, 6.07) is 0. The maximum absolute atomic E-state index is 11.3. The standard InChI is InChI=1S/C10H20BCl2O3/c1-3-5-7-9(12)15-11(14)16-10(13)8-6-4-2/h9-10H,3-8H2,1-2H3. The van der Waals surface area contributed by atoms with Crippen LogP contribution in [0.2, 0.25) is 0 Å². The van der Waals surface area contributed by atoms with Gasteiger partial charge in [0.1, 0.15) is 11.1 Å². The zero-order valence-corrected chi connectivity index (χ0v) is 11.5. The van der Waals surface area contributed by atoms with Gasteiger partial charge in [-0.15, -0.1) is 0 Å². The van der Waals surface area contributed by atoms with Crippen molar-refractivity contribution in [2.75, 3.05) is 0 Å². The Bertz CT molecular complexity index is 147. The van der Waals surface area contributed by atoms with Gasteiger partial charge in [0, 0.05) is 0 Å². The molecule has 1 radical (unpaired) electrons. The van der Waals surface area contributed by atoms with E-state index in [1.807, 2.05) is 13.8 Å². The summed E-state index contributed by atoms with van der Waals surface area (Å²) in [5, 5.41) is 11.3. The fourth-order valence-corrected chi connectivity index (χ4v) is 1.62. The summed E-state index contributed by atoms with van der Waals surface area (Å²) < 4.78 is 9.81. The number of rotatable bonds is 10. The summed E-state index contributed by atoms with van der Waals surface area (Å²) in [4.78, 5) is 0. The fraction of sp³-hybridized carbons (Fsp3) is 1.00. The monoisotopic (exact) mass is 269 g/mol. The summed E-state index contributed by atoms with van der Waals surface area (Å²) in [5.74, 6) is 0. The molecule has 0 saturated heterocycles. The molecule has 2 atom stereocenters. The predicted octanol–water partition coefficient (Wildman–Crippen LogP) is 3.95. The molecule has 0 heterocycles. The van der Waals surface area contributed by atoms with Crippen molar-refractivity contribution in [3.8, 4) is 0 Å². The number of hydrogen-bond donors (Lipinski definition) is 0. The molecular weight excluding hydrogens is 250 g/mol. The quantitative estimate of drug-likeness (QED) is 0.445. The maximum atomic E-state index is 11.3. The third-order valence-corrected chi connectivity index (χ3v) is 2.73. The molecule has 0 aromatic carbocycles. The van der Waals surface area contributed by atoms with Crippen molar-refractivity contribution in [2.45, 2.75) is 63.5 Å². The van der Waals surface area contributed by atoms with Crippen LogP contribution >= 0.6 is 23.2 Å². The Balaban J connectivity index is 3.58. The van der Waals surface area contributed by atoms with Crippen molar-refractivity contribution in [1.29, 1.82) is 0 Å². The van der Waals surface area contributed by atoms with E-state index in [1.165, 1.54) is 0 Å². The first-order valence-corrected chi connectivity index (χ1v) is 6.72. The van der Waals surface area contributed by atoms with E-state index >= 15 is 0 Å². The minimum Gasteiger partial charge on any atom is -0.368 e. The Hall–Kier alpha value is 0.525. The summed E-state index contributed by atoms with van der Waals surface area (Å²) in [6.07, 6.45) is 5.21. The van der Waals surface area contributed by atoms with E-state index in [0.717, 1.165) is 25.7 Å². The first-order chi connectivity index (χ1) is 7.60. The van der Waals surface area contributed by atoms with E-state index in [9.17, 15) is 5.02 Å². The van der Waals surface area contributed by atoms with Crippen molar-refractivity contribution >= 4 is 30.5 Å². The third-order valence-electron chi connectivity index (χ3n) is 2.09. The van der Waals surface area contributed by atoms with Crippen molar-refractivity contribution in [2.24, 2.45) is 0 Å². The molecule has 6 heteroatoms. The summed E-state index contributed by atoms with van der Waals surface area (Å²) in [7, 11) is -1.58. The number of unbranched alkanes of at least 4 members (excludes halogenated alkanes) is 2. The zero-order valence-electron chi connectivity index (χ0n) is 9.96. The average molecular weight is 270 g/mol. The van der Waals surface area contributed by atoms with E-state index in [1.54, 1.807) is 0 Å². The van der Waals surface area contributed by atoms with Gasteiger partial charge < -0.3 is 9.31 Å². The number of hydrogen-bond acceptors (Lipinski definition) is 2. The number of halogens is 2. The van der Waals surface area contributed by atoms with Crippen LogP contribution in [0.5, 0.6) is 0 Å². The van der Waals surface area contributed by atoms with Crippen LogP contribution < -0.4 is 0 Å². The highest BCUT2D eigenvalue weighted by Gasteiger charge is 2.25. The average Bonchev–Trinajstić information content (AvgIpc) is 2.23. The fourth-order valence-electron chi connectivity index (χ4n) is 1.14. The van der Waals surface area contributed by atoms with Crippen LogP contribution in [0.15, 0.2) is 0 Å². The third kappa shape index (κ3) is 9.73. The summed E-state index contributed by atoms with van der Waals surface area (Å²) in [5.41, 5.74) is -1.17. The Morgan fingerprint density at radius 1 is 1.00 bits per heavy atom. The predicted molar refractivity (Wildman–Crippen MR) is 66.9 cm³/mol. The molecule has 0 bridgehead atoms. The Morgan fingerprint density at radius 2 is 1.38 bits per heavy atom. The van der Waals surface area contributed by atoms with Crippen molar-refractivity contribution in [1.82, 2.24) is 0 Å². The van der Waals surface area contributed by atoms with E-state index in [2.05, 4.69) is 0 Å². The van der Waals surface area contributed by atoms with Gasteiger partial charge in [0.15, 0.2) is 0 Å². The molecule has 0 aliphatic rings. The topological polar surface area (TPSA) is 38.4 Å². The Morgan fingerprint density at radius 3 is 1.69 bits per heavy atom. The molecule has 16 heavy (non-hydrogen) atoms. The highest BCUT2D eigenvalue weighted by molar-refractivity contribution is 6.37. The molecule has 0 saturated carbocycles. The van der Waals surface area contributed by atoms with Gasteiger partial charge in [-0.25, -0.2) is 5.02 Å². The molecule has 2 unspecified atom stereocenters. The van der Waals surface area contributed by atoms with Gasteiger partial charge in [-0.2, -0.15) is 0 Å². The normalized spacial score (nSPS) is 14.8. The van der Waals surface area contributed by atoms with Gasteiger partial charge in [-0.05, 0) is 25.7 Å². The lowest BCUT2D eigenvalue weighted by atomic mass is 10.2. The molecular formula is C10H20BCl2O3. The molecule has 0 amide bonds. The minimum absolute atomic E-state index is 0.586. The molecule has 0 aliphatic heterocycles. The van der Waals surface area contributed by atoms with E-state index in [4.69, 9.17) is 32.5 Å². The zero-order chi connectivity index (χ0) is 12.4. The highest BCUT2D eigenvalue weighted by atomic mass is 35.5. The molecule has 0 rings (SSSR count). The largest absolute Gasteiger partial charge is 0.669 e. The first-order valence-electron chi connectivity index (χ1n) is 5.85. The minimum atomic E-state index is -1.58. The van der Waals surface area contributed by atoms with Crippen molar-refractivity contribution in [3.05, 3.63) is 0 Å². The molecule has 0 fully saturated rings. The van der Waals surface area contributed by atoms with Crippen LogP contribution in [0.1, 0.15) is 52.4 Å². The summed E-state index contributed by atoms with van der Waals surface area (Å²) >= 11 is 11.6. The van der Waals surface area contributed by atoms with E-state index in [-0.39, 0.29) is 0 Å². The van der Waals surface area contributed by atoms with E-state index < -0.39 is 18.4 Å². The van der Waals surface area contributed by atoms with Crippen LogP contribution in [0.4, 0.5) is 0 Å². The second-order valence-electron chi connectivity index (χ2n) is 3.67. The van der Waals surface area contributed by atoms with Gasteiger partial charge in [-0.1, -0.05) is 49.9 Å². The molecule has 0 aliphatic carbocycles. The molecule has 0 N–H and O–H groups in total. The first kappa shape index (κ1) is 16.5.